The number of nitrogen functional groups attached to an aromatic ring is 1. The summed E-state index contributed by atoms with van der Waals surface area (Å²) in [5.41, 5.74) is 6.44. The number of hydrogen-bond donors (Lipinski definition) is 2. The zero-order valence-electron chi connectivity index (χ0n) is 9.71. The molecule has 18 heavy (non-hydrogen) atoms. The second-order valence-corrected chi connectivity index (χ2v) is 4.37. The van der Waals surface area contributed by atoms with Gasteiger partial charge in [-0.05, 0) is 6.07 Å². The Balaban J connectivity index is 2.16. The molecule has 94 valence electrons. The largest absolute Gasteiger partial charge is 0.465 e. The van der Waals surface area contributed by atoms with Gasteiger partial charge in [0.25, 0.3) is 0 Å². The molecule has 0 saturated carbocycles. The zero-order valence-corrected chi connectivity index (χ0v) is 10.5. The van der Waals surface area contributed by atoms with Crippen LogP contribution in [0.3, 0.4) is 0 Å². The van der Waals surface area contributed by atoms with E-state index in [0.717, 1.165) is 5.01 Å². The average molecular weight is 264 g/mol. The van der Waals surface area contributed by atoms with Gasteiger partial charge in [0.1, 0.15) is 10.8 Å². The van der Waals surface area contributed by atoms with Crippen molar-refractivity contribution in [3.05, 3.63) is 34.4 Å². The number of ether oxygens (including phenoxy) is 1. The Morgan fingerprint density at radius 3 is 3.00 bits per heavy atom. The minimum atomic E-state index is -0.479. The Kier molecular flexibility index (Phi) is 3.73. The molecule has 0 amide bonds. The SMILES string of the molecule is COC(=O)c1ccnc(NCc2nccs2)c1N. The number of nitrogens with zero attached hydrogens (tertiary/aromatic N) is 2. The summed E-state index contributed by atoms with van der Waals surface area (Å²) in [6.07, 6.45) is 3.23. The summed E-state index contributed by atoms with van der Waals surface area (Å²) in [4.78, 5) is 19.7. The Morgan fingerprint density at radius 1 is 1.50 bits per heavy atom. The number of anilines is 2. The lowest BCUT2D eigenvalue weighted by Crippen LogP contribution is -2.10. The van der Waals surface area contributed by atoms with E-state index in [1.165, 1.54) is 30.7 Å². The van der Waals surface area contributed by atoms with Crippen molar-refractivity contribution >= 4 is 28.8 Å². The van der Waals surface area contributed by atoms with Crippen LogP contribution in [-0.2, 0) is 11.3 Å². The third-order valence-electron chi connectivity index (χ3n) is 2.29. The molecule has 2 rings (SSSR count). The second-order valence-electron chi connectivity index (χ2n) is 3.39. The number of esters is 1. The number of nitrogens with one attached hydrogen (secondary N) is 1. The maximum Gasteiger partial charge on any atom is 0.340 e. The monoisotopic (exact) mass is 264 g/mol. The van der Waals surface area contributed by atoms with E-state index in [1.54, 1.807) is 6.20 Å². The molecule has 2 aromatic heterocycles. The van der Waals surface area contributed by atoms with Crippen molar-refractivity contribution in [3.8, 4) is 0 Å². The number of pyridine rings is 1. The summed E-state index contributed by atoms with van der Waals surface area (Å²) in [6, 6.07) is 1.52. The van der Waals surface area contributed by atoms with E-state index in [0.29, 0.717) is 17.9 Å². The molecule has 2 heterocycles. The van der Waals surface area contributed by atoms with Gasteiger partial charge < -0.3 is 15.8 Å². The third-order valence-corrected chi connectivity index (χ3v) is 3.07. The van der Waals surface area contributed by atoms with Gasteiger partial charge in [0.05, 0.1) is 24.9 Å². The predicted octanol–water partition coefficient (Wildman–Crippen LogP) is 1.52. The van der Waals surface area contributed by atoms with Gasteiger partial charge >= 0.3 is 5.97 Å². The number of thiazole rings is 1. The van der Waals surface area contributed by atoms with Crippen LogP contribution in [0, 0.1) is 0 Å². The van der Waals surface area contributed by atoms with E-state index in [2.05, 4.69) is 20.0 Å². The fourth-order valence-electron chi connectivity index (χ4n) is 1.40. The highest BCUT2D eigenvalue weighted by Crippen LogP contribution is 2.21. The van der Waals surface area contributed by atoms with Gasteiger partial charge in [-0.25, -0.2) is 14.8 Å². The van der Waals surface area contributed by atoms with Gasteiger partial charge in [-0.15, -0.1) is 11.3 Å². The lowest BCUT2D eigenvalue weighted by atomic mass is 10.2. The van der Waals surface area contributed by atoms with Crippen molar-refractivity contribution in [1.29, 1.82) is 0 Å². The van der Waals surface area contributed by atoms with Crippen LogP contribution in [0.2, 0.25) is 0 Å². The van der Waals surface area contributed by atoms with Crippen molar-refractivity contribution in [2.24, 2.45) is 0 Å². The van der Waals surface area contributed by atoms with E-state index in [4.69, 9.17) is 5.73 Å². The normalized spacial score (nSPS) is 10.1. The topological polar surface area (TPSA) is 90.1 Å². The van der Waals surface area contributed by atoms with Crippen LogP contribution < -0.4 is 11.1 Å². The summed E-state index contributed by atoms with van der Waals surface area (Å²) < 4.78 is 4.64. The van der Waals surface area contributed by atoms with Crippen LogP contribution in [0.25, 0.3) is 0 Å². The molecule has 0 unspecified atom stereocenters. The van der Waals surface area contributed by atoms with Gasteiger partial charge in [0.15, 0.2) is 0 Å². The molecule has 0 radical (unpaired) electrons. The van der Waals surface area contributed by atoms with Crippen LogP contribution in [0.15, 0.2) is 23.8 Å². The second kappa shape index (κ2) is 5.46. The first kappa shape index (κ1) is 12.3. The van der Waals surface area contributed by atoms with Crippen LogP contribution in [0.5, 0.6) is 0 Å². The Bertz CT molecular complexity index is 542. The number of rotatable bonds is 4. The molecule has 7 heteroatoms. The van der Waals surface area contributed by atoms with E-state index in [1.807, 2.05) is 5.38 Å². The van der Waals surface area contributed by atoms with Gasteiger partial charge in [0, 0.05) is 17.8 Å². The molecule has 0 aromatic carbocycles. The van der Waals surface area contributed by atoms with Crippen molar-refractivity contribution < 1.29 is 9.53 Å². The molecule has 0 aliphatic carbocycles. The van der Waals surface area contributed by atoms with E-state index in [-0.39, 0.29) is 5.69 Å². The molecule has 6 nitrogen and oxygen atoms in total. The van der Waals surface area contributed by atoms with Crippen LogP contribution in [0.1, 0.15) is 15.4 Å². The number of hydrogen-bond acceptors (Lipinski definition) is 7. The molecular formula is C11H12N4O2S. The number of methoxy groups -OCH3 is 1. The summed E-state index contributed by atoms with van der Waals surface area (Å²) in [7, 11) is 1.31. The molecular weight excluding hydrogens is 252 g/mol. The molecule has 0 saturated heterocycles. The average Bonchev–Trinajstić information content (AvgIpc) is 2.90. The number of nitrogens with two attached hydrogens (primary N) is 1. The minimum absolute atomic E-state index is 0.279. The minimum Gasteiger partial charge on any atom is -0.465 e. The summed E-state index contributed by atoms with van der Waals surface area (Å²) >= 11 is 1.53. The van der Waals surface area contributed by atoms with E-state index < -0.39 is 5.97 Å². The van der Waals surface area contributed by atoms with E-state index >= 15 is 0 Å². The van der Waals surface area contributed by atoms with Crippen LogP contribution in [-0.4, -0.2) is 23.0 Å². The van der Waals surface area contributed by atoms with E-state index in [9.17, 15) is 4.79 Å². The summed E-state index contributed by atoms with van der Waals surface area (Å²) in [5, 5.41) is 5.84. The van der Waals surface area contributed by atoms with Gasteiger partial charge in [-0.2, -0.15) is 0 Å². The summed E-state index contributed by atoms with van der Waals surface area (Å²) in [5.74, 6) is -0.0275. The molecule has 0 atom stereocenters. The molecule has 0 spiro atoms. The molecule has 0 aliphatic rings. The number of carbonyl (C=O) groups is 1. The first-order valence-electron chi connectivity index (χ1n) is 5.17. The molecule has 3 N–H and O–H groups in total. The quantitative estimate of drug-likeness (QED) is 0.814. The van der Waals surface area contributed by atoms with Gasteiger partial charge in [0.2, 0.25) is 0 Å². The van der Waals surface area contributed by atoms with Crippen LogP contribution in [0.4, 0.5) is 11.5 Å². The van der Waals surface area contributed by atoms with Crippen molar-refractivity contribution in [2.45, 2.75) is 6.54 Å². The highest BCUT2D eigenvalue weighted by atomic mass is 32.1. The first-order chi connectivity index (χ1) is 8.72. The van der Waals surface area contributed by atoms with Crippen molar-refractivity contribution in [2.75, 3.05) is 18.2 Å². The number of carbonyl (C=O) groups excluding carboxylic acids is 1. The Labute approximate surface area is 108 Å². The number of aromatic nitrogens is 2. The molecule has 0 bridgehead atoms. The maximum atomic E-state index is 11.5. The Morgan fingerprint density at radius 2 is 2.33 bits per heavy atom. The standard InChI is InChI=1S/C11H12N4O2S/c1-17-11(16)7-2-3-14-10(9(7)12)15-6-8-13-4-5-18-8/h2-5H,6,12H2,1H3,(H,14,15). The van der Waals surface area contributed by atoms with Gasteiger partial charge in [-0.3, -0.25) is 0 Å². The predicted molar refractivity (Wildman–Crippen MR) is 69.4 cm³/mol. The third kappa shape index (κ3) is 2.57. The first-order valence-corrected chi connectivity index (χ1v) is 6.05. The van der Waals surface area contributed by atoms with Crippen molar-refractivity contribution in [1.82, 2.24) is 9.97 Å². The summed E-state index contributed by atoms with van der Waals surface area (Å²) in [6.45, 7) is 0.513. The lowest BCUT2D eigenvalue weighted by Gasteiger charge is -2.09. The lowest BCUT2D eigenvalue weighted by molar-refractivity contribution is 0.0602. The van der Waals surface area contributed by atoms with Crippen molar-refractivity contribution in [3.63, 3.8) is 0 Å². The zero-order chi connectivity index (χ0) is 13.0. The molecule has 2 aromatic rings. The fourth-order valence-corrected chi connectivity index (χ4v) is 1.96. The molecule has 0 aliphatic heterocycles. The highest BCUT2D eigenvalue weighted by molar-refractivity contribution is 7.09. The van der Waals surface area contributed by atoms with Gasteiger partial charge in [-0.1, -0.05) is 0 Å². The highest BCUT2D eigenvalue weighted by Gasteiger charge is 2.13. The Hall–Kier alpha value is -2.15. The smallest absolute Gasteiger partial charge is 0.340 e. The fraction of sp³-hybridized carbons (Fsp3) is 0.182. The molecule has 0 fully saturated rings. The maximum absolute atomic E-state index is 11.5. The van der Waals surface area contributed by atoms with Crippen LogP contribution >= 0.6 is 11.3 Å².